The van der Waals surface area contributed by atoms with Crippen molar-refractivity contribution in [3.63, 3.8) is 0 Å². The first kappa shape index (κ1) is 33.7. The van der Waals surface area contributed by atoms with E-state index in [-0.39, 0.29) is 29.8 Å². The molecule has 2 atom stereocenters. The molecular weight excluding hydrogens is 606 g/mol. The topological polar surface area (TPSA) is 86.8 Å². The number of carbonyl (C=O) groups excluding carboxylic acids is 2. The number of amides is 2. The van der Waals surface area contributed by atoms with Crippen molar-refractivity contribution >= 4 is 39.1 Å². The van der Waals surface area contributed by atoms with Crippen LogP contribution in [-0.2, 0) is 32.6 Å². The van der Waals surface area contributed by atoms with Crippen LogP contribution in [0.15, 0.2) is 108 Å². The van der Waals surface area contributed by atoms with E-state index in [0.29, 0.717) is 22.7 Å². The maximum atomic E-state index is 14.5. The number of carbonyl (C=O) groups is 2. The molecule has 4 rings (SSSR count). The number of nitrogens with one attached hydrogen (secondary N) is 1. The van der Waals surface area contributed by atoms with Gasteiger partial charge in [-0.3, -0.25) is 13.9 Å². The van der Waals surface area contributed by atoms with Crippen molar-refractivity contribution in [1.29, 1.82) is 0 Å². The zero-order valence-corrected chi connectivity index (χ0v) is 27.7. The van der Waals surface area contributed by atoms with Crippen molar-refractivity contribution in [3.05, 3.63) is 130 Å². The molecule has 0 aliphatic heterocycles. The van der Waals surface area contributed by atoms with E-state index in [2.05, 4.69) is 5.32 Å². The second kappa shape index (κ2) is 15.2. The van der Waals surface area contributed by atoms with Gasteiger partial charge in [0.25, 0.3) is 10.0 Å². The van der Waals surface area contributed by atoms with Crippen molar-refractivity contribution in [3.8, 4) is 0 Å². The van der Waals surface area contributed by atoms with Crippen molar-refractivity contribution in [2.45, 2.75) is 64.1 Å². The summed E-state index contributed by atoms with van der Waals surface area (Å²) in [5, 5.41) is 3.54. The van der Waals surface area contributed by atoms with Crippen molar-refractivity contribution in [2.75, 3.05) is 10.8 Å². The molecule has 0 spiro atoms. The highest BCUT2D eigenvalue weighted by atomic mass is 35.5. The Balaban J connectivity index is 1.80. The molecule has 4 aromatic rings. The molecule has 0 fully saturated rings. The van der Waals surface area contributed by atoms with Crippen LogP contribution in [0.3, 0.4) is 0 Å². The van der Waals surface area contributed by atoms with Gasteiger partial charge in [-0.15, -0.1) is 0 Å². The number of halogens is 1. The molecular formula is C36H40ClN3O4S. The molecule has 236 valence electrons. The molecule has 0 aliphatic rings. The molecule has 9 heteroatoms. The Hall–Kier alpha value is -4.14. The first-order valence-electron chi connectivity index (χ1n) is 15.0. The molecule has 0 saturated carbocycles. The zero-order valence-electron chi connectivity index (χ0n) is 26.1. The van der Waals surface area contributed by atoms with Gasteiger partial charge in [0.2, 0.25) is 11.8 Å². The Morgan fingerprint density at radius 3 is 2.02 bits per heavy atom. The number of hydrogen-bond acceptors (Lipinski definition) is 4. The van der Waals surface area contributed by atoms with Crippen LogP contribution >= 0.6 is 11.6 Å². The minimum absolute atomic E-state index is 0.0527. The smallest absolute Gasteiger partial charge is 0.264 e. The van der Waals surface area contributed by atoms with Crippen LogP contribution in [0.4, 0.5) is 5.69 Å². The van der Waals surface area contributed by atoms with E-state index in [9.17, 15) is 18.0 Å². The van der Waals surface area contributed by atoms with Gasteiger partial charge in [-0.2, -0.15) is 0 Å². The summed E-state index contributed by atoms with van der Waals surface area (Å²) in [4.78, 5) is 30.0. The fraction of sp³-hybridized carbons (Fsp3) is 0.278. The number of nitrogens with zero attached hydrogens (tertiary/aromatic N) is 2. The van der Waals surface area contributed by atoms with Crippen LogP contribution in [0, 0.1) is 13.8 Å². The molecule has 1 N–H and O–H groups in total. The number of aryl methyl sites for hydroxylation is 2. The van der Waals surface area contributed by atoms with Gasteiger partial charge in [0.1, 0.15) is 12.6 Å². The van der Waals surface area contributed by atoms with E-state index in [0.717, 1.165) is 21.0 Å². The normalized spacial score (nSPS) is 12.6. The standard InChI is InChI=1S/C36H40ClN3O4S/c1-5-28(4)38-36(42)34(23-29-10-7-6-8-11-29)39(24-30-12-9-13-31(37)22-30)35(41)25-40(32-18-14-26(2)15-19-32)45(43,44)33-20-16-27(3)17-21-33/h6-22,28,34H,5,23-25H2,1-4H3,(H,38,42)/t28-,34-/m0/s1. The van der Waals surface area contributed by atoms with Crippen molar-refractivity contribution < 1.29 is 18.0 Å². The van der Waals surface area contributed by atoms with E-state index in [1.54, 1.807) is 54.6 Å². The molecule has 45 heavy (non-hydrogen) atoms. The van der Waals surface area contributed by atoms with Gasteiger partial charge in [0.05, 0.1) is 10.6 Å². The van der Waals surface area contributed by atoms with Gasteiger partial charge in [-0.05, 0) is 74.7 Å². The number of benzene rings is 4. The number of hydrogen-bond donors (Lipinski definition) is 1. The van der Waals surface area contributed by atoms with Crippen LogP contribution in [-0.4, -0.2) is 43.8 Å². The van der Waals surface area contributed by atoms with E-state index in [1.807, 2.05) is 64.1 Å². The predicted molar refractivity (Wildman–Crippen MR) is 181 cm³/mol. The third-order valence-electron chi connectivity index (χ3n) is 7.72. The Morgan fingerprint density at radius 2 is 1.42 bits per heavy atom. The predicted octanol–water partition coefficient (Wildman–Crippen LogP) is 6.71. The lowest BCUT2D eigenvalue weighted by molar-refractivity contribution is -0.140. The Morgan fingerprint density at radius 1 is 0.822 bits per heavy atom. The molecule has 7 nitrogen and oxygen atoms in total. The lowest BCUT2D eigenvalue weighted by Crippen LogP contribution is -2.54. The monoisotopic (exact) mass is 645 g/mol. The Kier molecular flexibility index (Phi) is 11.4. The number of sulfonamides is 1. The summed E-state index contributed by atoms with van der Waals surface area (Å²) >= 11 is 6.31. The average Bonchev–Trinajstić information content (AvgIpc) is 3.02. The highest BCUT2D eigenvalue weighted by Gasteiger charge is 2.35. The largest absolute Gasteiger partial charge is 0.352 e. The first-order valence-corrected chi connectivity index (χ1v) is 16.8. The minimum Gasteiger partial charge on any atom is -0.352 e. The fourth-order valence-corrected chi connectivity index (χ4v) is 6.53. The molecule has 4 aromatic carbocycles. The van der Waals surface area contributed by atoms with Gasteiger partial charge < -0.3 is 10.2 Å². The third kappa shape index (κ3) is 8.96. The van der Waals surface area contributed by atoms with Crippen molar-refractivity contribution in [2.24, 2.45) is 0 Å². The summed E-state index contributed by atoms with van der Waals surface area (Å²) < 4.78 is 29.4. The Bertz CT molecular complexity index is 1690. The summed E-state index contributed by atoms with van der Waals surface area (Å²) in [5.41, 5.74) is 3.79. The summed E-state index contributed by atoms with van der Waals surface area (Å²) in [7, 11) is -4.16. The molecule has 0 saturated heterocycles. The van der Waals surface area contributed by atoms with Crippen molar-refractivity contribution in [1.82, 2.24) is 10.2 Å². The van der Waals surface area contributed by atoms with E-state index in [1.165, 1.54) is 17.0 Å². The maximum Gasteiger partial charge on any atom is 0.264 e. The van der Waals surface area contributed by atoms with Gasteiger partial charge in [-0.1, -0.05) is 96.4 Å². The van der Waals surface area contributed by atoms with Crippen LogP contribution in [0.2, 0.25) is 5.02 Å². The lowest BCUT2D eigenvalue weighted by atomic mass is 10.0. The summed E-state index contributed by atoms with van der Waals surface area (Å²) in [6.07, 6.45) is 0.951. The van der Waals surface area contributed by atoms with Gasteiger partial charge >= 0.3 is 0 Å². The van der Waals surface area contributed by atoms with Gasteiger partial charge in [0, 0.05) is 24.0 Å². The minimum atomic E-state index is -4.16. The highest BCUT2D eigenvalue weighted by molar-refractivity contribution is 7.92. The summed E-state index contributed by atoms with van der Waals surface area (Å²) in [6, 6.07) is 29.0. The van der Waals surface area contributed by atoms with E-state index < -0.39 is 28.5 Å². The van der Waals surface area contributed by atoms with Gasteiger partial charge in [0.15, 0.2) is 0 Å². The molecule has 0 unspecified atom stereocenters. The summed E-state index contributed by atoms with van der Waals surface area (Å²) in [6.45, 7) is 7.21. The Labute approximate surface area is 271 Å². The SMILES string of the molecule is CC[C@H](C)NC(=O)[C@H](Cc1ccccc1)N(Cc1cccc(Cl)c1)C(=O)CN(c1ccc(C)cc1)S(=O)(=O)c1ccc(C)cc1. The molecule has 0 radical (unpaired) electrons. The molecule has 2 amide bonds. The third-order valence-corrected chi connectivity index (χ3v) is 9.75. The number of anilines is 1. The molecule has 0 heterocycles. The fourth-order valence-electron chi connectivity index (χ4n) is 4.90. The number of rotatable bonds is 13. The molecule has 0 bridgehead atoms. The maximum absolute atomic E-state index is 14.5. The molecule has 0 aromatic heterocycles. The van der Waals surface area contributed by atoms with E-state index in [4.69, 9.17) is 11.6 Å². The average molecular weight is 646 g/mol. The quantitative estimate of drug-likeness (QED) is 0.175. The van der Waals surface area contributed by atoms with Crippen LogP contribution in [0.25, 0.3) is 0 Å². The highest BCUT2D eigenvalue weighted by Crippen LogP contribution is 2.26. The van der Waals surface area contributed by atoms with Crippen LogP contribution in [0.1, 0.15) is 42.5 Å². The van der Waals surface area contributed by atoms with Gasteiger partial charge in [-0.25, -0.2) is 8.42 Å². The first-order chi connectivity index (χ1) is 21.5. The van der Waals surface area contributed by atoms with Crippen LogP contribution < -0.4 is 9.62 Å². The lowest BCUT2D eigenvalue weighted by Gasteiger charge is -2.34. The second-order valence-electron chi connectivity index (χ2n) is 11.3. The zero-order chi connectivity index (χ0) is 32.6. The van der Waals surface area contributed by atoms with Crippen LogP contribution in [0.5, 0.6) is 0 Å². The summed E-state index contributed by atoms with van der Waals surface area (Å²) in [5.74, 6) is -0.835. The second-order valence-corrected chi connectivity index (χ2v) is 13.6. The molecule has 0 aliphatic carbocycles. The van der Waals surface area contributed by atoms with E-state index >= 15 is 0 Å².